The van der Waals surface area contributed by atoms with E-state index in [1.807, 2.05) is 0 Å². The zero-order chi connectivity index (χ0) is 83.6. The predicted molar refractivity (Wildman–Crippen MR) is 539 cm³/mol. The molecule has 25 aromatic rings. The van der Waals surface area contributed by atoms with E-state index in [1.54, 1.807) is 0 Å². The molecule has 0 atom stereocenters. The van der Waals surface area contributed by atoms with Gasteiger partial charge in [-0.3, -0.25) is 0 Å². The monoisotopic (exact) mass is 1620 g/mol. The van der Waals surface area contributed by atoms with Gasteiger partial charge in [-0.1, -0.05) is 419 Å². The lowest BCUT2D eigenvalue weighted by molar-refractivity contribution is 0.764. The maximum absolute atomic E-state index is 2.71. The first-order valence-electron chi connectivity index (χ1n) is 45.6. The highest BCUT2D eigenvalue weighted by molar-refractivity contribution is 6.31. The summed E-state index contributed by atoms with van der Waals surface area (Å²) in [5.41, 5.74) is 43.4. The normalized spacial score (nSPS) is 14.2. The minimum Gasteiger partial charge on any atom is -0.0622 e. The lowest BCUT2D eigenvalue weighted by atomic mass is 9.63. The largest absolute Gasteiger partial charge is 0.0731 e. The molecule has 0 heteroatoms. The van der Waals surface area contributed by atoms with Gasteiger partial charge in [0.05, 0.1) is 16.2 Å². The van der Waals surface area contributed by atoms with Crippen LogP contribution in [0.15, 0.2) is 437 Å². The van der Waals surface area contributed by atoms with Gasteiger partial charge in [0, 0.05) is 0 Å². The van der Waals surface area contributed by atoms with Crippen LogP contribution >= 0.6 is 0 Å². The Kier molecular flexibility index (Phi) is 13.2. The van der Waals surface area contributed by atoms with E-state index < -0.39 is 16.2 Å². The molecule has 129 heavy (non-hydrogen) atoms. The van der Waals surface area contributed by atoms with Gasteiger partial charge in [-0.15, -0.1) is 0 Å². The first-order valence-corrected chi connectivity index (χ1v) is 45.6. The van der Waals surface area contributed by atoms with Crippen molar-refractivity contribution in [3.8, 4) is 134 Å². The van der Waals surface area contributed by atoms with Gasteiger partial charge in [-0.25, -0.2) is 0 Å². The van der Waals surface area contributed by atoms with Gasteiger partial charge >= 0.3 is 0 Å². The van der Waals surface area contributed by atoms with E-state index in [0.717, 1.165) is 0 Å². The molecule has 0 amide bonds. The molecule has 31 rings (SSSR count). The minimum atomic E-state index is -0.897. The van der Waals surface area contributed by atoms with Crippen molar-refractivity contribution in [2.75, 3.05) is 0 Å². The van der Waals surface area contributed by atoms with Crippen molar-refractivity contribution < 1.29 is 0 Å². The Balaban J connectivity index is 0.757. The van der Waals surface area contributed by atoms with Crippen LogP contribution in [-0.2, 0) is 16.2 Å². The molecule has 0 aliphatic heterocycles. The molecule has 588 valence electrons. The summed E-state index contributed by atoms with van der Waals surface area (Å²) in [6.45, 7) is 0. The zero-order valence-electron chi connectivity index (χ0n) is 70.1. The summed E-state index contributed by atoms with van der Waals surface area (Å²) in [7, 11) is 0. The van der Waals surface area contributed by atoms with Crippen molar-refractivity contribution in [3.63, 3.8) is 0 Å². The summed E-state index contributed by atoms with van der Waals surface area (Å²) in [6, 6.07) is 171. The molecule has 0 bridgehead atoms. The van der Waals surface area contributed by atoms with Gasteiger partial charge in [0.15, 0.2) is 0 Å². The SMILES string of the molecule is c1ccc(-c2ccc3ccc4c(-c5ccc6c(c5)C5(c7ccccc7-c7ccccc75)c5c-6c6c(c7c5-c5ccc(-c8ccc9ccc%10c(-c%11ccccc%11)ccc%11ccc8c9c%11%10)cc5C75c7ccccc7-c7ccccc75)-c5ccc(-c7ccc8ccc9c(-c%10ccccc%10)ccc%10ccc7c8c%109)cc5C65c6ccccc6-c6ccccc65)ccc5ccc2c3c54)cc1. The average molecular weight is 1620 g/mol. The van der Waals surface area contributed by atoms with E-state index in [1.165, 1.54) is 297 Å². The number of hydrogen-bond acceptors (Lipinski definition) is 0. The number of benzene rings is 25. The van der Waals surface area contributed by atoms with Gasteiger partial charge in [-0.2, -0.15) is 0 Å². The Morgan fingerprint density at radius 2 is 0.295 bits per heavy atom. The molecule has 0 N–H and O–H groups in total. The molecule has 0 unspecified atom stereocenters. The van der Waals surface area contributed by atoms with Gasteiger partial charge < -0.3 is 0 Å². The lowest BCUT2D eigenvalue weighted by Gasteiger charge is -2.37. The molecule has 25 aromatic carbocycles. The quantitative estimate of drug-likeness (QED) is 0.146. The summed E-state index contributed by atoms with van der Waals surface area (Å²) in [5, 5.41) is 22.9. The standard InChI is InChI=1S/C129H72/c1-4-22-73(23-5-1)85-55-40-76-49-64-100-88(58-43-79-46-61-97(85)115(76)118(79)100)82-52-67-103-112(70-82)127(106-34-16-10-28-91(106)92-29-11-17-35-107(92)127)124-121(103)125-123(105-69-54-84(72-114(105)128(125)108-36-18-12-30-93(108)94-31-13-19-37-109(94)128)90-60-45-81-48-63-99-87(75-26-8-3-9-27-75)57-42-78-51-66-102(90)120(81)117(78)99)126-122(124)104-68-53-83(71-113(104)129(126)110-38-20-14-32-95(110)96-33-15-21-39-111(96)129)89-59-44-80-47-62-98-86(74-24-6-2-7-25-74)56-41-77-50-65-101(89)119(80)116(77)98/h1-72H. The third kappa shape index (κ3) is 8.36. The molecule has 0 heterocycles. The molecular formula is C129H72. The third-order valence-corrected chi connectivity index (χ3v) is 31.7. The molecule has 6 aliphatic rings. The number of fused-ring (bicyclic) bond motifs is 33. The molecular weight excluding hydrogens is 1550 g/mol. The fraction of sp³-hybridized carbons (Fsp3) is 0.0233. The van der Waals surface area contributed by atoms with E-state index in [9.17, 15) is 0 Å². The van der Waals surface area contributed by atoms with Crippen LogP contribution in [0.4, 0.5) is 0 Å². The van der Waals surface area contributed by atoms with E-state index >= 15 is 0 Å². The van der Waals surface area contributed by atoms with Crippen molar-refractivity contribution in [1.82, 2.24) is 0 Å². The van der Waals surface area contributed by atoms with Crippen LogP contribution in [0.1, 0.15) is 66.8 Å². The smallest absolute Gasteiger partial charge is 0.0622 e. The molecule has 0 saturated carbocycles. The van der Waals surface area contributed by atoms with Gasteiger partial charge in [0.25, 0.3) is 0 Å². The van der Waals surface area contributed by atoms with Crippen LogP contribution in [-0.4, -0.2) is 0 Å². The topological polar surface area (TPSA) is 0 Å². The Morgan fingerprint density at radius 1 is 0.116 bits per heavy atom. The highest BCUT2D eigenvalue weighted by atomic mass is 14.7. The Bertz CT molecular complexity index is 8350. The molecule has 0 fully saturated rings. The Hall–Kier alpha value is -16.4. The fourth-order valence-corrected chi connectivity index (χ4v) is 27.0. The van der Waals surface area contributed by atoms with E-state index in [2.05, 4.69) is 437 Å². The maximum Gasteiger partial charge on any atom is 0.0731 e. The van der Waals surface area contributed by atoms with Crippen LogP contribution in [0.2, 0.25) is 0 Å². The Labute approximate surface area is 744 Å². The van der Waals surface area contributed by atoms with Crippen molar-refractivity contribution in [3.05, 3.63) is 504 Å². The summed E-state index contributed by atoms with van der Waals surface area (Å²) >= 11 is 0. The van der Waals surface area contributed by atoms with Crippen LogP contribution in [0.25, 0.3) is 230 Å². The van der Waals surface area contributed by atoms with Gasteiger partial charge in [0.1, 0.15) is 0 Å². The van der Waals surface area contributed by atoms with E-state index in [-0.39, 0.29) is 0 Å². The van der Waals surface area contributed by atoms with E-state index in [0.29, 0.717) is 0 Å². The average Bonchev–Trinajstić information content (AvgIpc) is 1.45. The minimum absolute atomic E-state index is 0.897. The molecule has 0 nitrogen and oxygen atoms in total. The lowest BCUT2D eigenvalue weighted by Crippen LogP contribution is -2.31. The molecule has 6 aliphatic carbocycles. The van der Waals surface area contributed by atoms with E-state index in [4.69, 9.17) is 0 Å². The number of rotatable bonds is 6. The molecule has 0 radical (unpaired) electrons. The molecule has 0 aromatic heterocycles. The second-order valence-electron chi connectivity index (χ2n) is 37.1. The van der Waals surface area contributed by atoms with Crippen LogP contribution in [0, 0.1) is 0 Å². The van der Waals surface area contributed by atoms with Crippen LogP contribution < -0.4 is 0 Å². The first-order chi connectivity index (χ1) is 64.0. The molecule has 3 spiro atoms. The molecule has 0 saturated heterocycles. The second-order valence-corrected chi connectivity index (χ2v) is 37.1. The van der Waals surface area contributed by atoms with Crippen molar-refractivity contribution >= 4 is 97.0 Å². The van der Waals surface area contributed by atoms with Gasteiger partial charge in [-0.05, 0) is 315 Å². The van der Waals surface area contributed by atoms with Crippen LogP contribution in [0.5, 0.6) is 0 Å². The zero-order valence-corrected chi connectivity index (χ0v) is 70.1. The summed E-state index contributed by atoms with van der Waals surface area (Å²) in [5.74, 6) is 0. The first kappa shape index (κ1) is 69.0. The van der Waals surface area contributed by atoms with Gasteiger partial charge in [0.2, 0.25) is 0 Å². The van der Waals surface area contributed by atoms with Crippen molar-refractivity contribution in [1.29, 1.82) is 0 Å². The summed E-state index contributed by atoms with van der Waals surface area (Å²) in [4.78, 5) is 0. The fourth-order valence-electron chi connectivity index (χ4n) is 27.0. The summed E-state index contributed by atoms with van der Waals surface area (Å²) < 4.78 is 0. The number of hydrogen-bond donors (Lipinski definition) is 0. The predicted octanol–water partition coefficient (Wildman–Crippen LogP) is 33.4. The summed E-state index contributed by atoms with van der Waals surface area (Å²) in [6.07, 6.45) is 0. The maximum atomic E-state index is 2.71. The highest BCUT2D eigenvalue weighted by Gasteiger charge is 2.65. The Morgan fingerprint density at radius 3 is 0.512 bits per heavy atom. The highest BCUT2D eigenvalue weighted by Crippen LogP contribution is 2.78. The van der Waals surface area contributed by atoms with Crippen molar-refractivity contribution in [2.45, 2.75) is 16.2 Å². The second kappa shape index (κ2) is 24.6. The van der Waals surface area contributed by atoms with Crippen molar-refractivity contribution in [2.24, 2.45) is 0 Å². The van der Waals surface area contributed by atoms with Crippen LogP contribution in [0.3, 0.4) is 0 Å². The third-order valence-electron chi connectivity index (χ3n) is 31.7.